The van der Waals surface area contributed by atoms with Gasteiger partial charge in [-0.25, -0.2) is 15.0 Å². The predicted molar refractivity (Wildman–Crippen MR) is 204 cm³/mol. The van der Waals surface area contributed by atoms with E-state index < -0.39 is 0 Å². The first-order chi connectivity index (χ1) is 24.8. The van der Waals surface area contributed by atoms with Crippen molar-refractivity contribution in [2.24, 2.45) is 0 Å². The van der Waals surface area contributed by atoms with E-state index in [1.165, 1.54) is 0 Å². The zero-order valence-corrected chi connectivity index (χ0v) is 27.0. The van der Waals surface area contributed by atoms with Crippen molar-refractivity contribution in [2.45, 2.75) is 0 Å². The predicted octanol–water partition coefficient (Wildman–Crippen LogP) is 11.9. The summed E-state index contributed by atoms with van der Waals surface area (Å²) < 4.78 is 6.41. The smallest absolute Gasteiger partial charge is 0.164 e. The molecule has 0 fully saturated rings. The molecule has 0 saturated carbocycles. The number of benzene rings is 7. The number of furan rings is 1. The first-order valence-corrected chi connectivity index (χ1v) is 16.6. The standard InChI is InChI=1S/C45H30N4O/c1-5-14-32(15-6-1)43-46-44(33-16-7-2-8-17-33)48-45(47-43)34-26-29-40-39(30-34)42-38(22-13-23-41(42)50-40)31-24-27-37(28-25-31)49(35-18-9-3-10-19-35)36-20-11-4-12-21-36/h1-30H. The van der Waals surface area contributed by atoms with E-state index >= 15 is 0 Å². The molecule has 5 heteroatoms. The van der Waals surface area contributed by atoms with Crippen molar-refractivity contribution < 1.29 is 4.42 Å². The number of nitrogens with zero attached hydrogens (tertiary/aromatic N) is 4. The van der Waals surface area contributed by atoms with Crippen molar-refractivity contribution in [1.82, 2.24) is 15.0 Å². The summed E-state index contributed by atoms with van der Waals surface area (Å²) in [6.45, 7) is 0. The number of fused-ring (bicyclic) bond motifs is 3. The molecule has 0 amide bonds. The number of anilines is 3. The summed E-state index contributed by atoms with van der Waals surface area (Å²) >= 11 is 0. The molecule has 0 bridgehead atoms. The topological polar surface area (TPSA) is 55.1 Å². The van der Waals surface area contributed by atoms with Crippen LogP contribution in [0.25, 0.3) is 67.2 Å². The van der Waals surface area contributed by atoms with Crippen LogP contribution in [0.5, 0.6) is 0 Å². The maximum Gasteiger partial charge on any atom is 0.164 e. The lowest BCUT2D eigenvalue weighted by Crippen LogP contribution is -2.09. The summed E-state index contributed by atoms with van der Waals surface area (Å²) in [5, 5.41) is 2.07. The molecule has 9 rings (SSSR count). The van der Waals surface area contributed by atoms with Gasteiger partial charge in [0.25, 0.3) is 0 Å². The van der Waals surface area contributed by atoms with Gasteiger partial charge >= 0.3 is 0 Å². The Balaban J connectivity index is 1.16. The van der Waals surface area contributed by atoms with Gasteiger partial charge < -0.3 is 9.32 Å². The minimum atomic E-state index is 0.609. The maximum atomic E-state index is 6.41. The Labute approximate surface area is 289 Å². The zero-order valence-electron chi connectivity index (χ0n) is 27.0. The molecule has 0 saturated heterocycles. The lowest BCUT2D eigenvalue weighted by atomic mass is 9.98. The third-order valence-corrected chi connectivity index (χ3v) is 8.92. The normalized spacial score (nSPS) is 11.2. The largest absolute Gasteiger partial charge is 0.456 e. The molecule has 0 spiro atoms. The summed E-state index contributed by atoms with van der Waals surface area (Å²) in [5.74, 6) is 1.87. The highest BCUT2D eigenvalue weighted by atomic mass is 16.3. The quantitative estimate of drug-likeness (QED) is 0.173. The molecule has 236 valence electrons. The molecule has 2 heterocycles. The maximum absolute atomic E-state index is 6.41. The molecule has 9 aromatic rings. The van der Waals surface area contributed by atoms with Crippen LogP contribution in [0.4, 0.5) is 17.1 Å². The first-order valence-electron chi connectivity index (χ1n) is 16.6. The van der Waals surface area contributed by atoms with E-state index in [4.69, 9.17) is 19.4 Å². The molecule has 0 radical (unpaired) electrons. The first kappa shape index (κ1) is 29.3. The molecule has 0 unspecified atom stereocenters. The van der Waals surface area contributed by atoms with Gasteiger partial charge in [-0.05, 0) is 71.8 Å². The van der Waals surface area contributed by atoms with Gasteiger partial charge in [0.2, 0.25) is 0 Å². The molecule has 5 nitrogen and oxygen atoms in total. The van der Waals surface area contributed by atoms with E-state index in [1.807, 2.05) is 91.0 Å². The summed E-state index contributed by atoms with van der Waals surface area (Å²) in [7, 11) is 0. The Morgan fingerprint density at radius 1 is 0.360 bits per heavy atom. The van der Waals surface area contributed by atoms with E-state index in [9.17, 15) is 0 Å². The van der Waals surface area contributed by atoms with Gasteiger partial charge in [-0.3, -0.25) is 0 Å². The Morgan fingerprint density at radius 3 is 1.40 bits per heavy atom. The van der Waals surface area contributed by atoms with E-state index in [2.05, 4.69) is 95.9 Å². The van der Waals surface area contributed by atoms with Gasteiger partial charge in [0.15, 0.2) is 17.5 Å². The molecule has 0 aliphatic rings. The van der Waals surface area contributed by atoms with Crippen molar-refractivity contribution in [3.8, 4) is 45.3 Å². The van der Waals surface area contributed by atoms with Crippen molar-refractivity contribution in [1.29, 1.82) is 0 Å². The highest BCUT2D eigenvalue weighted by Crippen LogP contribution is 2.40. The lowest BCUT2D eigenvalue weighted by Gasteiger charge is -2.25. The summed E-state index contributed by atoms with van der Waals surface area (Å²) in [4.78, 5) is 17.1. The fraction of sp³-hybridized carbons (Fsp3) is 0. The fourth-order valence-electron chi connectivity index (χ4n) is 6.54. The molecular formula is C45H30N4O. The van der Waals surface area contributed by atoms with Crippen molar-refractivity contribution in [2.75, 3.05) is 4.90 Å². The van der Waals surface area contributed by atoms with Gasteiger partial charge in [0.1, 0.15) is 11.2 Å². The van der Waals surface area contributed by atoms with Crippen LogP contribution < -0.4 is 4.90 Å². The average molecular weight is 643 g/mol. The molecule has 0 atom stereocenters. The van der Waals surface area contributed by atoms with E-state index in [1.54, 1.807) is 0 Å². The minimum Gasteiger partial charge on any atom is -0.456 e. The molecular weight excluding hydrogens is 613 g/mol. The van der Waals surface area contributed by atoms with E-state index in [0.29, 0.717) is 17.5 Å². The average Bonchev–Trinajstić information content (AvgIpc) is 3.58. The van der Waals surface area contributed by atoms with Crippen LogP contribution in [0.1, 0.15) is 0 Å². The third kappa shape index (κ3) is 5.47. The van der Waals surface area contributed by atoms with Gasteiger partial charge in [-0.2, -0.15) is 0 Å². The highest BCUT2D eigenvalue weighted by Gasteiger charge is 2.18. The van der Waals surface area contributed by atoms with E-state index in [-0.39, 0.29) is 0 Å². The lowest BCUT2D eigenvalue weighted by molar-refractivity contribution is 0.669. The number of para-hydroxylation sites is 2. The van der Waals surface area contributed by atoms with Crippen LogP contribution in [0.15, 0.2) is 186 Å². The SMILES string of the molecule is c1ccc(-c2nc(-c3ccccc3)nc(-c3ccc4oc5cccc(-c6ccc(N(c7ccccc7)c7ccccc7)cc6)c5c4c3)n2)cc1. The van der Waals surface area contributed by atoms with Crippen LogP contribution in [0.2, 0.25) is 0 Å². The van der Waals surface area contributed by atoms with Gasteiger partial charge in [0, 0.05) is 44.5 Å². The Hall–Kier alpha value is -6.85. The number of rotatable bonds is 7. The Kier molecular flexibility index (Phi) is 7.41. The molecule has 0 aliphatic carbocycles. The summed E-state index contributed by atoms with van der Waals surface area (Å²) in [6.07, 6.45) is 0. The second-order valence-corrected chi connectivity index (χ2v) is 12.1. The van der Waals surface area contributed by atoms with E-state index in [0.717, 1.165) is 66.8 Å². The molecule has 2 aromatic heterocycles. The van der Waals surface area contributed by atoms with Crippen LogP contribution >= 0.6 is 0 Å². The van der Waals surface area contributed by atoms with Crippen molar-refractivity contribution >= 4 is 39.0 Å². The zero-order chi connectivity index (χ0) is 33.3. The minimum absolute atomic E-state index is 0.609. The van der Waals surface area contributed by atoms with Crippen molar-refractivity contribution in [3.63, 3.8) is 0 Å². The number of hydrogen-bond acceptors (Lipinski definition) is 5. The van der Waals surface area contributed by atoms with Crippen LogP contribution in [0.3, 0.4) is 0 Å². The third-order valence-electron chi connectivity index (χ3n) is 8.92. The second kappa shape index (κ2) is 12.6. The van der Waals surface area contributed by atoms with Crippen LogP contribution in [-0.4, -0.2) is 15.0 Å². The molecule has 0 N–H and O–H groups in total. The summed E-state index contributed by atoms with van der Waals surface area (Å²) in [5.41, 5.74) is 9.90. The highest BCUT2D eigenvalue weighted by molar-refractivity contribution is 6.13. The molecule has 0 aliphatic heterocycles. The number of aromatic nitrogens is 3. The fourth-order valence-corrected chi connectivity index (χ4v) is 6.54. The second-order valence-electron chi connectivity index (χ2n) is 12.1. The van der Waals surface area contributed by atoms with Gasteiger partial charge in [-0.15, -0.1) is 0 Å². The number of hydrogen-bond donors (Lipinski definition) is 0. The summed E-state index contributed by atoms with van der Waals surface area (Å²) in [6, 6.07) is 62.2. The Bertz CT molecular complexity index is 2470. The van der Waals surface area contributed by atoms with Crippen LogP contribution in [0, 0.1) is 0 Å². The molecule has 50 heavy (non-hydrogen) atoms. The monoisotopic (exact) mass is 642 g/mol. The van der Waals surface area contributed by atoms with Crippen molar-refractivity contribution in [3.05, 3.63) is 182 Å². The van der Waals surface area contributed by atoms with Crippen LogP contribution in [-0.2, 0) is 0 Å². The Morgan fingerprint density at radius 2 is 0.840 bits per heavy atom. The van der Waals surface area contributed by atoms with Gasteiger partial charge in [-0.1, -0.05) is 121 Å². The van der Waals surface area contributed by atoms with Gasteiger partial charge in [0.05, 0.1) is 0 Å². The molecule has 7 aromatic carbocycles.